The minimum absolute atomic E-state index is 0.0174. The largest absolute Gasteiger partial charge is 0.444 e. The Labute approximate surface area is 176 Å². The van der Waals surface area contributed by atoms with Crippen LogP contribution in [0.2, 0.25) is 0 Å². The lowest BCUT2D eigenvalue weighted by Gasteiger charge is -2.24. The van der Waals surface area contributed by atoms with Gasteiger partial charge in [-0.2, -0.15) is 0 Å². The zero-order valence-corrected chi connectivity index (χ0v) is 19.0. The van der Waals surface area contributed by atoms with Gasteiger partial charge in [0.1, 0.15) is 5.60 Å². The zero-order valence-electron chi connectivity index (χ0n) is 19.0. The van der Waals surface area contributed by atoms with Crippen molar-refractivity contribution in [2.75, 3.05) is 46.6 Å². The summed E-state index contributed by atoms with van der Waals surface area (Å²) in [7, 11) is 1.74. The van der Waals surface area contributed by atoms with Gasteiger partial charge >= 0.3 is 6.09 Å². The molecule has 0 aromatic heterocycles. The Bertz CT molecular complexity index is 474. The van der Waals surface area contributed by atoms with Crippen LogP contribution in [0.4, 0.5) is 4.79 Å². The maximum Gasteiger partial charge on any atom is 0.407 e. The standard InChI is InChI=1S/C21H42N4O4/c1-6-8-18(25-20(26)29-21(2,3)4)15-24-19(22-5)23-11-7-12-28-16-17-9-13-27-14-10-17/h17-18H,6-16H2,1-5H3,(H,25,26)(H2,22,23,24). The summed E-state index contributed by atoms with van der Waals surface area (Å²) in [6, 6.07) is -0.0174. The molecule has 1 atom stereocenters. The number of hydrogen-bond donors (Lipinski definition) is 3. The lowest BCUT2D eigenvalue weighted by atomic mass is 10.0. The fourth-order valence-corrected chi connectivity index (χ4v) is 3.03. The number of nitrogens with one attached hydrogen (secondary N) is 3. The quantitative estimate of drug-likeness (QED) is 0.273. The summed E-state index contributed by atoms with van der Waals surface area (Å²) in [6.07, 6.45) is 4.57. The van der Waals surface area contributed by atoms with Crippen LogP contribution in [-0.4, -0.2) is 70.3 Å². The van der Waals surface area contributed by atoms with Crippen molar-refractivity contribution in [1.82, 2.24) is 16.0 Å². The minimum atomic E-state index is -0.501. The van der Waals surface area contributed by atoms with Crippen molar-refractivity contribution >= 4 is 12.1 Å². The maximum atomic E-state index is 12.0. The van der Waals surface area contributed by atoms with Gasteiger partial charge in [-0.1, -0.05) is 13.3 Å². The predicted octanol–water partition coefficient (Wildman–Crippen LogP) is 2.68. The van der Waals surface area contributed by atoms with Gasteiger partial charge < -0.3 is 30.2 Å². The molecular formula is C21H42N4O4. The van der Waals surface area contributed by atoms with E-state index in [1.54, 1.807) is 7.05 Å². The first-order chi connectivity index (χ1) is 13.8. The van der Waals surface area contributed by atoms with Crippen LogP contribution in [0.15, 0.2) is 4.99 Å². The molecule has 0 aromatic carbocycles. The van der Waals surface area contributed by atoms with Crippen molar-refractivity contribution in [3.05, 3.63) is 0 Å². The van der Waals surface area contributed by atoms with E-state index >= 15 is 0 Å². The highest BCUT2D eigenvalue weighted by molar-refractivity contribution is 5.79. The number of rotatable bonds is 11. The third kappa shape index (κ3) is 13.3. The lowest BCUT2D eigenvalue weighted by Crippen LogP contribution is -2.48. The molecule has 1 aliphatic rings. The molecule has 0 spiro atoms. The first-order valence-corrected chi connectivity index (χ1v) is 10.9. The van der Waals surface area contributed by atoms with Gasteiger partial charge in [-0.15, -0.1) is 0 Å². The van der Waals surface area contributed by atoms with Gasteiger partial charge in [0.25, 0.3) is 0 Å². The highest BCUT2D eigenvalue weighted by atomic mass is 16.6. The number of nitrogens with zero attached hydrogens (tertiary/aromatic N) is 1. The molecule has 0 aliphatic carbocycles. The molecule has 1 amide bonds. The smallest absolute Gasteiger partial charge is 0.407 e. The van der Waals surface area contributed by atoms with Gasteiger partial charge in [0.05, 0.1) is 0 Å². The number of hydrogen-bond acceptors (Lipinski definition) is 5. The second-order valence-corrected chi connectivity index (χ2v) is 8.50. The number of alkyl carbamates (subject to hydrolysis) is 1. The zero-order chi connectivity index (χ0) is 21.5. The first kappa shape index (κ1) is 25.5. The Morgan fingerprint density at radius 2 is 1.97 bits per heavy atom. The van der Waals surface area contributed by atoms with Gasteiger partial charge in [-0.05, 0) is 52.4 Å². The molecule has 1 rings (SSSR count). The van der Waals surface area contributed by atoms with Crippen LogP contribution in [0, 0.1) is 5.92 Å². The predicted molar refractivity (Wildman–Crippen MR) is 116 cm³/mol. The maximum absolute atomic E-state index is 12.0. The van der Waals surface area contributed by atoms with E-state index in [4.69, 9.17) is 14.2 Å². The molecule has 8 nitrogen and oxygen atoms in total. The Morgan fingerprint density at radius 3 is 2.59 bits per heavy atom. The fourth-order valence-electron chi connectivity index (χ4n) is 3.03. The van der Waals surface area contributed by atoms with Crippen LogP contribution >= 0.6 is 0 Å². The second-order valence-electron chi connectivity index (χ2n) is 8.50. The van der Waals surface area contributed by atoms with E-state index in [1.165, 1.54) is 0 Å². The highest BCUT2D eigenvalue weighted by Gasteiger charge is 2.19. The number of carbonyl (C=O) groups excluding carboxylic acids is 1. The molecule has 1 fully saturated rings. The van der Waals surface area contributed by atoms with Crippen molar-refractivity contribution < 1.29 is 19.0 Å². The van der Waals surface area contributed by atoms with E-state index in [0.717, 1.165) is 71.0 Å². The van der Waals surface area contributed by atoms with Crippen molar-refractivity contribution in [3.8, 4) is 0 Å². The van der Waals surface area contributed by atoms with Crippen LogP contribution < -0.4 is 16.0 Å². The van der Waals surface area contributed by atoms with Crippen molar-refractivity contribution in [2.24, 2.45) is 10.9 Å². The molecule has 1 heterocycles. The summed E-state index contributed by atoms with van der Waals surface area (Å²) in [4.78, 5) is 16.3. The van der Waals surface area contributed by atoms with Gasteiger partial charge in [-0.3, -0.25) is 4.99 Å². The summed E-state index contributed by atoms with van der Waals surface area (Å²) >= 11 is 0. The third-order valence-electron chi connectivity index (χ3n) is 4.55. The number of guanidine groups is 1. The molecule has 170 valence electrons. The summed E-state index contributed by atoms with van der Waals surface area (Å²) in [6.45, 7) is 12.3. The monoisotopic (exact) mass is 414 g/mol. The topological polar surface area (TPSA) is 93.2 Å². The summed E-state index contributed by atoms with van der Waals surface area (Å²) in [5.74, 6) is 1.36. The van der Waals surface area contributed by atoms with E-state index in [9.17, 15) is 4.79 Å². The number of aliphatic imine (C=N–C) groups is 1. The molecule has 1 unspecified atom stereocenters. The summed E-state index contributed by atoms with van der Waals surface area (Å²) in [5, 5.41) is 9.50. The second kappa shape index (κ2) is 14.4. The normalized spacial score (nSPS) is 16.9. The van der Waals surface area contributed by atoms with Crippen LogP contribution in [0.25, 0.3) is 0 Å². The van der Waals surface area contributed by atoms with E-state index in [2.05, 4.69) is 27.9 Å². The third-order valence-corrected chi connectivity index (χ3v) is 4.55. The average Bonchev–Trinajstić information content (AvgIpc) is 2.66. The first-order valence-electron chi connectivity index (χ1n) is 10.9. The SMILES string of the molecule is CCCC(CNC(=NC)NCCCOCC1CCOCC1)NC(=O)OC(C)(C)C. The molecule has 0 radical (unpaired) electrons. The minimum Gasteiger partial charge on any atom is -0.444 e. The number of amides is 1. The van der Waals surface area contributed by atoms with Crippen LogP contribution in [0.3, 0.4) is 0 Å². The van der Waals surface area contributed by atoms with Gasteiger partial charge in [-0.25, -0.2) is 4.79 Å². The molecule has 3 N–H and O–H groups in total. The molecule has 0 aromatic rings. The molecule has 8 heteroatoms. The van der Waals surface area contributed by atoms with Crippen LogP contribution in [-0.2, 0) is 14.2 Å². The molecule has 1 aliphatic heterocycles. The lowest BCUT2D eigenvalue weighted by molar-refractivity contribution is 0.0203. The number of carbonyl (C=O) groups is 1. The summed E-state index contributed by atoms with van der Waals surface area (Å²) < 4.78 is 16.5. The van der Waals surface area contributed by atoms with Crippen LogP contribution in [0.5, 0.6) is 0 Å². The Hall–Kier alpha value is -1.54. The van der Waals surface area contributed by atoms with Gasteiger partial charge in [0, 0.05) is 52.6 Å². The Balaban J connectivity index is 2.20. The van der Waals surface area contributed by atoms with Gasteiger partial charge in [0.15, 0.2) is 5.96 Å². The molecular weight excluding hydrogens is 372 g/mol. The summed E-state index contributed by atoms with van der Waals surface area (Å²) in [5.41, 5.74) is -0.501. The Kier molecular flexibility index (Phi) is 12.7. The van der Waals surface area contributed by atoms with Crippen LogP contribution in [0.1, 0.15) is 59.8 Å². The van der Waals surface area contributed by atoms with E-state index in [-0.39, 0.29) is 12.1 Å². The van der Waals surface area contributed by atoms with E-state index in [1.807, 2.05) is 20.8 Å². The fraction of sp³-hybridized carbons (Fsp3) is 0.905. The highest BCUT2D eigenvalue weighted by Crippen LogP contribution is 2.14. The molecule has 29 heavy (non-hydrogen) atoms. The van der Waals surface area contributed by atoms with E-state index in [0.29, 0.717) is 12.5 Å². The molecule has 0 bridgehead atoms. The molecule has 0 saturated carbocycles. The number of ether oxygens (including phenoxy) is 3. The van der Waals surface area contributed by atoms with Crippen molar-refractivity contribution in [3.63, 3.8) is 0 Å². The van der Waals surface area contributed by atoms with Crippen molar-refractivity contribution in [1.29, 1.82) is 0 Å². The average molecular weight is 415 g/mol. The van der Waals surface area contributed by atoms with Gasteiger partial charge in [0.2, 0.25) is 0 Å². The van der Waals surface area contributed by atoms with Crippen molar-refractivity contribution in [2.45, 2.75) is 71.4 Å². The van der Waals surface area contributed by atoms with E-state index < -0.39 is 5.60 Å². The Morgan fingerprint density at radius 1 is 1.24 bits per heavy atom. The molecule has 1 saturated heterocycles.